The van der Waals surface area contributed by atoms with Gasteiger partial charge in [0.05, 0.1) is 12.6 Å². The van der Waals surface area contributed by atoms with Crippen LogP contribution in [0.5, 0.6) is 0 Å². The van der Waals surface area contributed by atoms with Crippen molar-refractivity contribution in [2.24, 2.45) is 0 Å². The van der Waals surface area contributed by atoms with Gasteiger partial charge in [-0.2, -0.15) is 0 Å². The van der Waals surface area contributed by atoms with Crippen molar-refractivity contribution in [2.45, 2.75) is 31.9 Å². The van der Waals surface area contributed by atoms with Gasteiger partial charge in [-0.15, -0.1) is 24.8 Å². The van der Waals surface area contributed by atoms with Crippen molar-refractivity contribution >= 4 is 30.8 Å². The lowest BCUT2D eigenvalue weighted by atomic mass is 10.1. The molecule has 1 aliphatic rings. The first-order chi connectivity index (χ1) is 8.66. The average Bonchev–Trinajstić information content (AvgIpc) is 2.78. The molecule has 1 fully saturated rings. The molecule has 1 aromatic rings. The zero-order valence-electron chi connectivity index (χ0n) is 11.1. The van der Waals surface area contributed by atoms with Gasteiger partial charge in [-0.05, 0) is 30.9 Å². The minimum absolute atomic E-state index is 0. The third kappa shape index (κ3) is 5.24. The van der Waals surface area contributed by atoms with Gasteiger partial charge in [0.2, 0.25) is 0 Å². The Morgan fingerprint density at radius 2 is 1.95 bits per heavy atom. The summed E-state index contributed by atoms with van der Waals surface area (Å²) in [7, 11) is 0. The molecular weight excluding hydrogens is 307 g/mol. The Balaban J connectivity index is 0.00000180. The largest absolute Gasteiger partial charge is 0.434 e. The molecule has 1 aromatic heterocycles. The van der Waals surface area contributed by atoms with E-state index in [1.165, 1.54) is 23.4 Å². The molecule has 0 aliphatic carbocycles. The van der Waals surface area contributed by atoms with Crippen LogP contribution in [0, 0.1) is 10.1 Å². The number of nitrogens with zero attached hydrogens (tertiary/aromatic N) is 4. The van der Waals surface area contributed by atoms with E-state index in [-0.39, 0.29) is 37.3 Å². The van der Waals surface area contributed by atoms with Crippen LogP contribution in [0.3, 0.4) is 0 Å². The fourth-order valence-electron chi connectivity index (χ4n) is 2.34. The molecular formula is C11H20Cl2N4O3. The van der Waals surface area contributed by atoms with Gasteiger partial charge in [-0.25, -0.2) is 4.57 Å². The highest BCUT2D eigenvalue weighted by Gasteiger charge is 2.20. The van der Waals surface area contributed by atoms with Crippen LogP contribution in [0.4, 0.5) is 5.95 Å². The normalized spacial score (nSPS) is 16.9. The molecule has 1 N–H and O–H groups in total. The van der Waals surface area contributed by atoms with Gasteiger partial charge in [-0.1, -0.05) is 11.4 Å². The van der Waals surface area contributed by atoms with Gasteiger partial charge < -0.3 is 20.1 Å². The number of nitro groups is 1. The summed E-state index contributed by atoms with van der Waals surface area (Å²) in [4.78, 5) is 16.0. The minimum Gasteiger partial charge on any atom is -0.390 e. The first-order valence-corrected chi connectivity index (χ1v) is 6.23. The predicted octanol–water partition coefficient (Wildman–Crippen LogP) is 1.48. The summed E-state index contributed by atoms with van der Waals surface area (Å²) in [6, 6.07) is 0. The molecule has 116 valence electrons. The molecule has 1 atom stereocenters. The highest BCUT2D eigenvalue weighted by Crippen LogP contribution is 2.12. The van der Waals surface area contributed by atoms with Gasteiger partial charge in [0.15, 0.2) is 0 Å². The van der Waals surface area contributed by atoms with E-state index in [9.17, 15) is 15.2 Å². The van der Waals surface area contributed by atoms with Crippen molar-refractivity contribution in [2.75, 3.05) is 19.6 Å². The molecule has 0 spiro atoms. The van der Waals surface area contributed by atoms with Gasteiger partial charge in [-0.3, -0.25) is 0 Å². The lowest BCUT2D eigenvalue weighted by Crippen LogP contribution is -2.38. The van der Waals surface area contributed by atoms with Gasteiger partial charge in [0, 0.05) is 6.54 Å². The Bertz CT molecular complexity index is 410. The van der Waals surface area contributed by atoms with E-state index in [1.54, 1.807) is 0 Å². The molecule has 0 amide bonds. The van der Waals surface area contributed by atoms with Crippen LogP contribution in [-0.2, 0) is 6.54 Å². The Labute approximate surface area is 129 Å². The standard InChI is InChI=1S/C11H18N4O3.2ClH/c16-10(8-13-5-2-1-3-6-13)9-14-7-4-12-11(14)15(17)18;;/h4,7,10,16H,1-3,5-6,8-9H2;2*1H. The smallest absolute Gasteiger partial charge is 0.390 e. The average molecular weight is 327 g/mol. The van der Waals surface area contributed by atoms with Gasteiger partial charge in [0.1, 0.15) is 12.4 Å². The molecule has 1 aliphatic heterocycles. The van der Waals surface area contributed by atoms with Crippen molar-refractivity contribution in [1.29, 1.82) is 0 Å². The molecule has 9 heteroatoms. The maximum Gasteiger partial charge on any atom is 0.434 e. The van der Waals surface area contributed by atoms with E-state index < -0.39 is 11.0 Å². The quantitative estimate of drug-likeness (QED) is 0.654. The predicted molar refractivity (Wildman–Crippen MR) is 79.7 cm³/mol. The molecule has 1 saturated heterocycles. The van der Waals surface area contributed by atoms with Crippen molar-refractivity contribution in [3.8, 4) is 0 Å². The Kier molecular flexibility index (Phi) is 8.71. The van der Waals surface area contributed by atoms with Crippen LogP contribution in [-0.4, -0.2) is 50.2 Å². The lowest BCUT2D eigenvalue weighted by molar-refractivity contribution is -0.397. The second-order valence-electron chi connectivity index (χ2n) is 4.65. The summed E-state index contributed by atoms with van der Waals surface area (Å²) in [5.74, 6) is -0.215. The van der Waals surface area contributed by atoms with Crippen LogP contribution >= 0.6 is 24.8 Å². The summed E-state index contributed by atoms with van der Waals surface area (Å²) in [6.45, 7) is 2.79. The number of aromatic nitrogens is 2. The van der Waals surface area contributed by atoms with Crippen LogP contribution in [0.25, 0.3) is 0 Å². The van der Waals surface area contributed by atoms with Crippen LogP contribution < -0.4 is 0 Å². The third-order valence-corrected chi connectivity index (χ3v) is 3.18. The zero-order valence-corrected chi connectivity index (χ0v) is 12.7. The van der Waals surface area contributed by atoms with E-state index in [0.717, 1.165) is 25.9 Å². The number of rotatable bonds is 5. The van der Waals surface area contributed by atoms with Crippen molar-refractivity contribution < 1.29 is 10.0 Å². The van der Waals surface area contributed by atoms with Crippen molar-refractivity contribution in [3.63, 3.8) is 0 Å². The molecule has 2 heterocycles. The number of β-amino-alcohol motifs (C(OH)–C–C–N with tert-alkyl or cyclic N) is 1. The summed E-state index contributed by atoms with van der Waals surface area (Å²) >= 11 is 0. The van der Waals surface area contributed by atoms with Crippen molar-refractivity contribution in [1.82, 2.24) is 14.5 Å². The lowest BCUT2D eigenvalue weighted by Gasteiger charge is -2.28. The second kappa shape index (κ2) is 9.12. The van der Waals surface area contributed by atoms with E-state index in [0.29, 0.717) is 6.54 Å². The summed E-state index contributed by atoms with van der Waals surface area (Å²) in [5.41, 5.74) is 0. The molecule has 1 unspecified atom stereocenters. The minimum atomic E-state index is -0.601. The highest BCUT2D eigenvalue weighted by molar-refractivity contribution is 5.85. The van der Waals surface area contributed by atoms with Gasteiger partial charge >= 0.3 is 5.95 Å². The van der Waals surface area contributed by atoms with E-state index >= 15 is 0 Å². The molecule has 7 nitrogen and oxygen atoms in total. The number of aliphatic hydroxyl groups excluding tert-OH is 1. The van der Waals surface area contributed by atoms with Crippen LogP contribution in [0.15, 0.2) is 12.4 Å². The fourth-order valence-corrected chi connectivity index (χ4v) is 2.34. The molecule has 0 aromatic carbocycles. The first kappa shape index (κ1) is 19.1. The second-order valence-corrected chi connectivity index (χ2v) is 4.65. The topological polar surface area (TPSA) is 84.4 Å². The Morgan fingerprint density at radius 3 is 2.55 bits per heavy atom. The number of aliphatic hydroxyl groups is 1. The van der Waals surface area contributed by atoms with Crippen LogP contribution in [0.1, 0.15) is 19.3 Å². The maximum atomic E-state index is 10.7. The maximum absolute atomic E-state index is 10.7. The monoisotopic (exact) mass is 326 g/mol. The van der Waals surface area contributed by atoms with Gasteiger partial charge in [0.25, 0.3) is 0 Å². The Hall–Kier alpha value is -0.890. The van der Waals surface area contributed by atoms with E-state index in [4.69, 9.17) is 0 Å². The summed E-state index contributed by atoms with van der Waals surface area (Å²) in [6.07, 6.45) is 5.88. The SMILES string of the molecule is Cl.Cl.O=[N+]([O-])c1nccn1CC(O)CN1CCCCC1. The third-order valence-electron chi connectivity index (χ3n) is 3.18. The number of likely N-dealkylation sites (tertiary alicyclic amines) is 1. The molecule has 0 radical (unpaired) electrons. The number of imidazole rings is 1. The fraction of sp³-hybridized carbons (Fsp3) is 0.727. The van der Waals surface area contributed by atoms with E-state index in [1.807, 2.05) is 0 Å². The number of halogens is 2. The molecule has 0 saturated carbocycles. The zero-order chi connectivity index (χ0) is 13.0. The summed E-state index contributed by atoms with van der Waals surface area (Å²) in [5, 5.41) is 20.7. The Morgan fingerprint density at radius 1 is 1.30 bits per heavy atom. The van der Waals surface area contributed by atoms with E-state index in [2.05, 4.69) is 9.88 Å². The number of piperidine rings is 1. The molecule has 20 heavy (non-hydrogen) atoms. The van der Waals surface area contributed by atoms with Crippen molar-refractivity contribution in [3.05, 3.63) is 22.5 Å². The molecule has 0 bridgehead atoms. The highest BCUT2D eigenvalue weighted by atomic mass is 35.5. The number of hydrogen-bond donors (Lipinski definition) is 1. The molecule has 2 rings (SSSR count). The first-order valence-electron chi connectivity index (χ1n) is 6.23. The summed E-state index contributed by atoms with van der Waals surface area (Å²) < 4.78 is 1.38. The van der Waals surface area contributed by atoms with Crippen LogP contribution in [0.2, 0.25) is 0 Å². The number of hydrogen-bond acceptors (Lipinski definition) is 5.